The first-order valence-corrected chi connectivity index (χ1v) is 10.00. The van der Waals surface area contributed by atoms with E-state index in [1.165, 1.54) is 0 Å². The molecule has 2 aromatic carbocycles. The number of anilines is 1. The molecule has 0 aromatic heterocycles. The monoisotopic (exact) mass is 407 g/mol. The number of rotatable bonds is 8. The van der Waals surface area contributed by atoms with E-state index in [9.17, 15) is 19.2 Å². The molecule has 0 spiro atoms. The van der Waals surface area contributed by atoms with Gasteiger partial charge in [0.25, 0.3) is 5.91 Å². The summed E-state index contributed by atoms with van der Waals surface area (Å²) in [5.74, 6) is -0.443. The number of fused-ring (bicyclic) bond motifs is 1. The Morgan fingerprint density at radius 1 is 1.00 bits per heavy atom. The van der Waals surface area contributed by atoms with Crippen molar-refractivity contribution in [3.63, 3.8) is 0 Å². The van der Waals surface area contributed by atoms with E-state index in [1.54, 1.807) is 37.4 Å². The van der Waals surface area contributed by atoms with E-state index >= 15 is 0 Å². The highest BCUT2D eigenvalue weighted by Gasteiger charge is 2.17. The number of hydrogen-bond acceptors (Lipinski definition) is 4. The quantitative estimate of drug-likeness (QED) is 0.584. The zero-order chi connectivity index (χ0) is 21.5. The van der Waals surface area contributed by atoms with Crippen LogP contribution in [0.1, 0.15) is 51.1 Å². The predicted molar refractivity (Wildman–Crippen MR) is 114 cm³/mol. The van der Waals surface area contributed by atoms with Crippen LogP contribution >= 0.6 is 0 Å². The summed E-state index contributed by atoms with van der Waals surface area (Å²) < 4.78 is 0. The minimum atomic E-state index is -0.184. The number of amides is 3. The smallest absolute Gasteiger partial charge is 0.251 e. The summed E-state index contributed by atoms with van der Waals surface area (Å²) in [5, 5.41) is 8.19. The largest absolute Gasteiger partial charge is 0.356 e. The summed E-state index contributed by atoms with van der Waals surface area (Å²) in [6.45, 7) is 0.433. The van der Waals surface area contributed by atoms with Crippen LogP contribution in [0.15, 0.2) is 42.5 Å². The molecule has 0 saturated carbocycles. The van der Waals surface area contributed by atoms with Crippen molar-refractivity contribution in [2.45, 2.75) is 32.1 Å². The third kappa shape index (κ3) is 5.53. The molecule has 0 radical (unpaired) electrons. The summed E-state index contributed by atoms with van der Waals surface area (Å²) in [4.78, 5) is 47.6. The third-order valence-corrected chi connectivity index (χ3v) is 5.05. The van der Waals surface area contributed by atoms with Crippen LogP contribution in [0.5, 0.6) is 0 Å². The maximum absolute atomic E-state index is 12.4. The van der Waals surface area contributed by atoms with E-state index in [0.29, 0.717) is 36.9 Å². The number of carbonyl (C=O) groups is 4. The summed E-state index contributed by atoms with van der Waals surface area (Å²) in [7, 11) is 1.58. The van der Waals surface area contributed by atoms with Crippen LogP contribution in [0, 0.1) is 0 Å². The lowest BCUT2D eigenvalue weighted by Crippen LogP contribution is -2.26. The van der Waals surface area contributed by atoms with Crippen molar-refractivity contribution in [3.8, 4) is 0 Å². The van der Waals surface area contributed by atoms with Crippen LogP contribution in [0.3, 0.4) is 0 Å². The molecule has 1 aliphatic rings. The first-order valence-electron chi connectivity index (χ1n) is 10.00. The maximum atomic E-state index is 12.4. The summed E-state index contributed by atoms with van der Waals surface area (Å²) in [6, 6.07) is 12.5. The topological polar surface area (TPSA) is 104 Å². The maximum Gasteiger partial charge on any atom is 0.251 e. The molecule has 0 atom stereocenters. The minimum Gasteiger partial charge on any atom is -0.356 e. The van der Waals surface area contributed by atoms with E-state index in [1.807, 2.05) is 12.1 Å². The molecule has 0 fully saturated rings. The standard InChI is InChI=1S/C23H25N3O4/c1-24-23(30)18-4-2-3-15(13-18)11-12-25-21(28)10-8-20(27)17-5-7-19-16(14-17)6-9-22(29)26-19/h2-5,7,13-14H,6,8-12H2,1H3,(H,24,30)(H,25,28)(H,26,29). The van der Waals surface area contributed by atoms with Gasteiger partial charge in [-0.3, -0.25) is 19.2 Å². The van der Waals surface area contributed by atoms with Crippen LogP contribution in [-0.4, -0.2) is 37.1 Å². The second-order valence-corrected chi connectivity index (χ2v) is 7.22. The summed E-state index contributed by atoms with van der Waals surface area (Å²) >= 11 is 0. The Balaban J connectivity index is 1.44. The fourth-order valence-electron chi connectivity index (χ4n) is 3.38. The first-order chi connectivity index (χ1) is 14.5. The van der Waals surface area contributed by atoms with Gasteiger partial charge in [0.2, 0.25) is 11.8 Å². The number of aryl methyl sites for hydroxylation is 1. The lowest BCUT2D eigenvalue weighted by molar-refractivity contribution is -0.121. The number of Topliss-reactive ketones (excluding diaryl/α,β-unsaturated/α-hetero) is 1. The van der Waals surface area contributed by atoms with Gasteiger partial charge in [0.1, 0.15) is 0 Å². The molecular formula is C23H25N3O4. The Kier molecular flexibility index (Phi) is 6.95. The average Bonchev–Trinajstić information content (AvgIpc) is 2.76. The van der Waals surface area contributed by atoms with E-state index in [4.69, 9.17) is 0 Å². The van der Waals surface area contributed by atoms with Gasteiger partial charge >= 0.3 is 0 Å². The van der Waals surface area contributed by atoms with Gasteiger partial charge in [0.15, 0.2) is 5.78 Å². The Morgan fingerprint density at radius 2 is 1.83 bits per heavy atom. The number of hydrogen-bond donors (Lipinski definition) is 3. The summed E-state index contributed by atoms with van der Waals surface area (Å²) in [5.41, 5.74) is 3.79. The molecule has 3 amide bonds. The second-order valence-electron chi connectivity index (χ2n) is 7.22. The van der Waals surface area contributed by atoms with Crippen molar-refractivity contribution in [3.05, 3.63) is 64.7 Å². The molecule has 3 rings (SSSR count). The number of ketones is 1. The van der Waals surface area contributed by atoms with Crippen molar-refractivity contribution < 1.29 is 19.2 Å². The Morgan fingerprint density at radius 3 is 2.63 bits per heavy atom. The van der Waals surface area contributed by atoms with E-state index in [-0.39, 0.29) is 36.3 Å². The normalized spacial score (nSPS) is 12.5. The molecule has 0 bridgehead atoms. The zero-order valence-corrected chi connectivity index (χ0v) is 16.9. The molecule has 0 saturated heterocycles. The van der Waals surface area contributed by atoms with Crippen LogP contribution < -0.4 is 16.0 Å². The first kappa shape index (κ1) is 21.2. The number of benzene rings is 2. The van der Waals surface area contributed by atoms with Gasteiger partial charge < -0.3 is 16.0 Å². The molecule has 30 heavy (non-hydrogen) atoms. The van der Waals surface area contributed by atoms with Crippen molar-refractivity contribution in [2.24, 2.45) is 0 Å². The molecule has 2 aromatic rings. The third-order valence-electron chi connectivity index (χ3n) is 5.05. The highest BCUT2D eigenvalue weighted by atomic mass is 16.2. The molecule has 0 aliphatic carbocycles. The van der Waals surface area contributed by atoms with Gasteiger partial charge in [-0.25, -0.2) is 0 Å². The Bertz CT molecular complexity index is 984. The van der Waals surface area contributed by atoms with Gasteiger partial charge in [0.05, 0.1) is 0 Å². The fraction of sp³-hybridized carbons (Fsp3) is 0.304. The van der Waals surface area contributed by atoms with Gasteiger partial charge in [-0.15, -0.1) is 0 Å². The van der Waals surface area contributed by atoms with E-state index in [0.717, 1.165) is 16.8 Å². The lowest BCUT2D eigenvalue weighted by Gasteiger charge is -2.17. The van der Waals surface area contributed by atoms with Gasteiger partial charge in [-0.1, -0.05) is 12.1 Å². The number of nitrogens with one attached hydrogen (secondary N) is 3. The second kappa shape index (κ2) is 9.82. The molecule has 7 nitrogen and oxygen atoms in total. The van der Waals surface area contributed by atoms with Crippen LogP contribution in [0.2, 0.25) is 0 Å². The van der Waals surface area contributed by atoms with Gasteiger partial charge in [-0.2, -0.15) is 0 Å². The predicted octanol–water partition coefficient (Wildman–Crippen LogP) is 2.25. The Hall–Kier alpha value is -3.48. The lowest BCUT2D eigenvalue weighted by atomic mass is 9.97. The van der Waals surface area contributed by atoms with E-state index < -0.39 is 0 Å². The Labute approximate surface area is 175 Å². The van der Waals surface area contributed by atoms with E-state index in [2.05, 4.69) is 16.0 Å². The zero-order valence-electron chi connectivity index (χ0n) is 16.9. The van der Waals surface area contributed by atoms with Crippen LogP contribution in [-0.2, 0) is 22.4 Å². The molecule has 1 heterocycles. The molecular weight excluding hydrogens is 382 g/mol. The van der Waals surface area contributed by atoms with Crippen molar-refractivity contribution in [1.29, 1.82) is 0 Å². The van der Waals surface area contributed by atoms with Gasteiger partial charge in [0, 0.05) is 49.7 Å². The van der Waals surface area contributed by atoms with Crippen LogP contribution in [0.4, 0.5) is 5.69 Å². The average molecular weight is 407 g/mol. The SMILES string of the molecule is CNC(=O)c1cccc(CCNC(=O)CCC(=O)c2ccc3c(c2)CCC(=O)N3)c1. The molecule has 0 unspecified atom stereocenters. The molecule has 3 N–H and O–H groups in total. The fourth-order valence-corrected chi connectivity index (χ4v) is 3.38. The minimum absolute atomic E-state index is 0.0152. The number of carbonyl (C=O) groups excluding carboxylic acids is 4. The summed E-state index contributed by atoms with van der Waals surface area (Å²) in [6.07, 6.45) is 1.87. The van der Waals surface area contributed by atoms with Gasteiger partial charge in [-0.05, 0) is 54.3 Å². The van der Waals surface area contributed by atoms with Crippen molar-refractivity contribution >= 4 is 29.2 Å². The highest BCUT2D eigenvalue weighted by Crippen LogP contribution is 2.24. The van der Waals surface area contributed by atoms with Crippen LogP contribution in [0.25, 0.3) is 0 Å². The molecule has 7 heteroatoms. The highest BCUT2D eigenvalue weighted by molar-refractivity contribution is 6.00. The van der Waals surface area contributed by atoms with Crippen molar-refractivity contribution in [2.75, 3.05) is 18.9 Å². The molecule has 1 aliphatic heterocycles. The van der Waals surface area contributed by atoms with Crippen molar-refractivity contribution in [1.82, 2.24) is 10.6 Å². The molecule has 156 valence electrons.